The summed E-state index contributed by atoms with van der Waals surface area (Å²) in [5, 5.41) is -0.176. The van der Waals surface area contributed by atoms with E-state index in [-0.39, 0.29) is 10.7 Å². The summed E-state index contributed by atoms with van der Waals surface area (Å²) in [7, 11) is -2.34. The molecule has 1 aromatic heterocycles. The first kappa shape index (κ1) is 14.1. The fraction of sp³-hybridized carbons (Fsp3) is 0.0833. The third kappa shape index (κ3) is 2.98. The third-order valence-corrected chi connectivity index (χ3v) is 3.84. The van der Waals surface area contributed by atoms with Crippen molar-refractivity contribution in [3.63, 3.8) is 0 Å². The van der Waals surface area contributed by atoms with Gasteiger partial charge in [0.1, 0.15) is 5.75 Å². The molecule has 0 atom stereocenters. The van der Waals surface area contributed by atoms with Gasteiger partial charge in [-0.25, -0.2) is 4.98 Å². The molecule has 106 valence electrons. The predicted molar refractivity (Wildman–Crippen MR) is 75.8 cm³/mol. The molecule has 0 fully saturated rings. The fourth-order valence-electron chi connectivity index (χ4n) is 1.60. The largest absolute Gasteiger partial charge is 0.497 e. The molecular formula is C12H14N4O3S. The molecule has 0 unspecified atom stereocenters. The zero-order chi connectivity index (χ0) is 14.6. The minimum Gasteiger partial charge on any atom is -0.497 e. The summed E-state index contributed by atoms with van der Waals surface area (Å²) in [6.45, 7) is 0. The first-order valence-electron chi connectivity index (χ1n) is 5.65. The lowest BCUT2D eigenvalue weighted by Gasteiger charge is -2.11. The normalized spacial score (nSPS) is 10.9. The van der Waals surface area contributed by atoms with Crippen LogP contribution in [0.3, 0.4) is 0 Å². The van der Waals surface area contributed by atoms with E-state index in [0.29, 0.717) is 11.4 Å². The van der Waals surface area contributed by atoms with Crippen LogP contribution in [0.2, 0.25) is 0 Å². The van der Waals surface area contributed by atoms with Crippen molar-refractivity contribution in [1.29, 1.82) is 0 Å². The van der Waals surface area contributed by atoms with Crippen molar-refractivity contribution in [2.24, 2.45) is 5.84 Å². The second-order valence-corrected chi connectivity index (χ2v) is 5.44. The van der Waals surface area contributed by atoms with Crippen LogP contribution in [0.1, 0.15) is 0 Å². The number of rotatable bonds is 5. The number of hydrazine groups is 1. The van der Waals surface area contributed by atoms with Crippen molar-refractivity contribution in [2.45, 2.75) is 5.03 Å². The van der Waals surface area contributed by atoms with E-state index in [1.54, 1.807) is 30.3 Å². The lowest BCUT2D eigenvalue weighted by molar-refractivity contribution is 0.415. The van der Waals surface area contributed by atoms with Gasteiger partial charge in [-0.2, -0.15) is 8.42 Å². The summed E-state index contributed by atoms with van der Waals surface area (Å²) in [4.78, 5) is 3.84. The number of pyridine rings is 1. The number of benzene rings is 1. The maximum Gasteiger partial charge on any atom is 0.281 e. The SMILES string of the molecule is COc1cccc(NS(=O)(=O)c2ncccc2NN)c1. The zero-order valence-electron chi connectivity index (χ0n) is 10.7. The average Bonchev–Trinajstić information content (AvgIpc) is 2.47. The van der Waals surface area contributed by atoms with Gasteiger partial charge >= 0.3 is 0 Å². The summed E-state index contributed by atoms with van der Waals surface area (Å²) in [5.74, 6) is 5.83. The Labute approximate surface area is 116 Å². The maximum absolute atomic E-state index is 12.3. The molecule has 2 aromatic rings. The van der Waals surface area contributed by atoms with Gasteiger partial charge in [0.15, 0.2) is 0 Å². The molecule has 20 heavy (non-hydrogen) atoms. The molecule has 7 nitrogen and oxygen atoms in total. The van der Waals surface area contributed by atoms with E-state index in [4.69, 9.17) is 10.6 Å². The molecule has 0 spiro atoms. The molecule has 0 aliphatic carbocycles. The first-order valence-corrected chi connectivity index (χ1v) is 7.13. The molecule has 4 N–H and O–H groups in total. The zero-order valence-corrected chi connectivity index (χ0v) is 11.5. The smallest absolute Gasteiger partial charge is 0.281 e. The standard InChI is InChI=1S/C12H14N4O3S/c1-19-10-5-2-4-9(8-10)16-20(17,18)12-11(15-13)6-3-7-14-12/h2-8,15-16H,13H2,1H3. The van der Waals surface area contributed by atoms with Gasteiger partial charge in [-0.3, -0.25) is 10.6 Å². The maximum atomic E-state index is 12.3. The Morgan fingerprint density at radius 1 is 1.25 bits per heavy atom. The lowest BCUT2D eigenvalue weighted by Crippen LogP contribution is -2.18. The third-order valence-electron chi connectivity index (χ3n) is 2.50. The summed E-state index contributed by atoms with van der Waals surface area (Å²) in [6, 6.07) is 9.67. The van der Waals surface area contributed by atoms with Crippen LogP contribution in [-0.2, 0) is 10.0 Å². The topological polar surface area (TPSA) is 106 Å². The van der Waals surface area contributed by atoms with Gasteiger partial charge in [-0.05, 0) is 24.3 Å². The van der Waals surface area contributed by atoms with E-state index in [0.717, 1.165) is 0 Å². The number of nitrogen functional groups attached to an aromatic ring is 1. The summed E-state index contributed by atoms with van der Waals surface area (Å²) >= 11 is 0. The molecule has 8 heteroatoms. The van der Waals surface area contributed by atoms with E-state index in [1.807, 2.05) is 0 Å². The molecule has 2 rings (SSSR count). The summed E-state index contributed by atoms with van der Waals surface area (Å²) in [5.41, 5.74) is 2.89. The van der Waals surface area contributed by atoms with Gasteiger partial charge < -0.3 is 10.2 Å². The highest BCUT2D eigenvalue weighted by Gasteiger charge is 2.20. The van der Waals surface area contributed by atoms with Crippen LogP contribution in [0.4, 0.5) is 11.4 Å². The Balaban J connectivity index is 2.35. The van der Waals surface area contributed by atoms with Crippen LogP contribution in [0.5, 0.6) is 5.75 Å². The Morgan fingerprint density at radius 2 is 2.05 bits per heavy atom. The Morgan fingerprint density at radius 3 is 2.75 bits per heavy atom. The highest BCUT2D eigenvalue weighted by molar-refractivity contribution is 7.92. The number of methoxy groups -OCH3 is 1. The molecule has 0 bridgehead atoms. The highest BCUT2D eigenvalue weighted by Crippen LogP contribution is 2.22. The number of nitrogens with two attached hydrogens (primary N) is 1. The second kappa shape index (κ2) is 5.76. The summed E-state index contributed by atoms with van der Waals surface area (Å²) in [6.07, 6.45) is 1.38. The van der Waals surface area contributed by atoms with E-state index >= 15 is 0 Å². The number of hydrogen-bond acceptors (Lipinski definition) is 6. The van der Waals surface area contributed by atoms with Crippen LogP contribution in [-0.4, -0.2) is 20.5 Å². The van der Waals surface area contributed by atoms with Gasteiger partial charge in [0.05, 0.1) is 18.5 Å². The Bertz CT molecular complexity index is 703. The minimum atomic E-state index is -3.84. The quantitative estimate of drug-likeness (QED) is 0.564. The van der Waals surface area contributed by atoms with Gasteiger partial charge in [-0.1, -0.05) is 6.07 Å². The van der Waals surface area contributed by atoms with Gasteiger partial charge in [-0.15, -0.1) is 0 Å². The number of nitrogens with one attached hydrogen (secondary N) is 2. The number of aromatic nitrogens is 1. The number of ether oxygens (including phenoxy) is 1. The van der Waals surface area contributed by atoms with E-state index in [9.17, 15) is 8.42 Å². The predicted octanol–water partition coefficient (Wildman–Crippen LogP) is 1.18. The molecule has 0 saturated heterocycles. The van der Waals surface area contributed by atoms with E-state index in [2.05, 4.69) is 15.1 Å². The average molecular weight is 294 g/mol. The molecule has 0 saturated carbocycles. The summed E-state index contributed by atoms with van der Waals surface area (Å²) < 4.78 is 32.0. The monoisotopic (exact) mass is 294 g/mol. The minimum absolute atomic E-state index is 0.176. The van der Waals surface area contributed by atoms with Crippen LogP contribution < -0.4 is 20.7 Å². The lowest BCUT2D eigenvalue weighted by atomic mass is 10.3. The Kier molecular flexibility index (Phi) is 4.06. The molecular weight excluding hydrogens is 280 g/mol. The fourth-order valence-corrected chi connectivity index (χ4v) is 2.75. The van der Waals surface area contributed by atoms with E-state index < -0.39 is 10.0 Å². The number of hydrogen-bond donors (Lipinski definition) is 3. The second-order valence-electron chi connectivity index (χ2n) is 3.84. The van der Waals surface area contributed by atoms with Gasteiger partial charge in [0.2, 0.25) is 5.03 Å². The van der Waals surface area contributed by atoms with E-state index in [1.165, 1.54) is 19.4 Å². The van der Waals surface area contributed by atoms with Gasteiger partial charge in [0.25, 0.3) is 10.0 Å². The van der Waals surface area contributed by atoms with Crippen molar-refractivity contribution < 1.29 is 13.2 Å². The van der Waals surface area contributed by atoms with Crippen LogP contribution in [0.25, 0.3) is 0 Å². The highest BCUT2D eigenvalue weighted by atomic mass is 32.2. The molecule has 0 radical (unpaired) electrons. The van der Waals surface area contributed by atoms with Crippen molar-refractivity contribution in [1.82, 2.24) is 4.98 Å². The Hall–Kier alpha value is -2.32. The number of anilines is 2. The molecule has 0 amide bonds. The first-order chi connectivity index (χ1) is 9.56. The van der Waals surface area contributed by atoms with Gasteiger partial charge in [0, 0.05) is 12.3 Å². The van der Waals surface area contributed by atoms with Crippen LogP contribution in [0.15, 0.2) is 47.6 Å². The van der Waals surface area contributed by atoms with Crippen LogP contribution in [0, 0.1) is 0 Å². The number of sulfonamides is 1. The van der Waals surface area contributed by atoms with Crippen molar-refractivity contribution in [2.75, 3.05) is 17.3 Å². The molecule has 0 aliphatic heterocycles. The number of nitrogens with zero attached hydrogens (tertiary/aromatic N) is 1. The van der Waals surface area contributed by atoms with Crippen molar-refractivity contribution in [3.8, 4) is 5.75 Å². The van der Waals surface area contributed by atoms with Crippen molar-refractivity contribution >= 4 is 21.4 Å². The van der Waals surface area contributed by atoms with Crippen molar-refractivity contribution in [3.05, 3.63) is 42.6 Å². The van der Waals surface area contributed by atoms with Crippen LogP contribution >= 0.6 is 0 Å². The molecule has 1 heterocycles. The molecule has 1 aromatic carbocycles. The molecule has 0 aliphatic rings.